The topological polar surface area (TPSA) is 58.6 Å². The van der Waals surface area contributed by atoms with Gasteiger partial charge in [0, 0.05) is 25.9 Å². The molecule has 21 heavy (non-hydrogen) atoms. The molecule has 0 aromatic heterocycles. The van der Waals surface area contributed by atoms with Crippen molar-refractivity contribution in [3.8, 4) is 5.75 Å². The Kier molecular flexibility index (Phi) is 4.83. The SMILES string of the molecule is COc1ccc(C)cc1N(CCC(=O)NC1CC1)C(C)=O. The Hall–Kier alpha value is -2.04. The normalized spacial score (nSPS) is 13.7. The third kappa shape index (κ3) is 4.21. The van der Waals surface area contributed by atoms with Gasteiger partial charge in [-0.05, 0) is 37.5 Å². The molecule has 2 amide bonds. The van der Waals surface area contributed by atoms with E-state index in [1.165, 1.54) is 6.92 Å². The number of anilines is 1. The largest absolute Gasteiger partial charge is 0.495 e. The third-order valence-electron chi connectivity index (χ3n) is 3.51. The van der Waals surface area contributed by atoms with Gasteiger partial charge in [-0.25, -0.2) is 0 Å². The first-order valence-corrected chi connectivity index (χ1v) is 7.23. The van der Waals surface area contributed by atoms with Gasteiger partial charge in [-0.2, -0.15) is 0 Å². The number of hydrogen-bond acceptors (Lipinski definition) is 3. The number of amides is 2. The second kappa shape index (κ2) is 6.61. The smallest absolute Gasteiger partial charge is 0.223 e. The summed E-state index contributed by atoms with van der Waals surface area (Å²) in [4.78, 5) is 25.3. The van der Waals surface area contributed by atoms with Gasteiger partial charge >= 0.3 is 0 Å². The number of methoxy groups -OCH3 is 1. The van der Waals surface area contributed by atoms with Crippen molar-refractivity contribution in [2.45, 2.75) is 39.2 Å². The summed E-state index contributed by atoms with van der Waals surface area (Å²) >= 11 is 0. The van der Waals surface area contributed by atoms with E-state index in [0.717, 1.165) is 18.4 Å². The van der Waals surface area contributed by atoms with Crippen LogP contribution in [0, 0.1) is 6.92 Å². The maximum Gasteiger partial charge on any atom is 0.223 e. The summed E-state index contributed by atoms with van der Waals surface area (Å²) in [5.74, 6) is 0.534. The van der Waals surface area contributed by atoms with Crippen LogP contribution in [0.15, 0.2) is 18.2 Å². The predicted molar refractivity (Wildman–Crippen MR) is 81.5 cm³/mol. The number of ether oxygens (including phenoxy) is 1. The van der Waals surface area contributed by atoms with Gasteiger partial charge in [0.2, 0.25) is 11.8 Å². The van der Waals surface area contributed by atoms with Crippen LogP contribution in [0.2, 0.25) is 0 Å². The van der Waals surface area contributed by atoms with Crippen molar-refractivity contribution in [3.05, 3.63) is 23.8 Å². The van der Waals surface area contributed by atoms with Gasteiger partial charge in [0.05, 0.1) is 12.8 Å². The van der Waals surface area contributed by atoms with E-state index in [1.807, 2.05) is 25.1 Å². The summed E-state index contributed by atoms with van der Waals surface area (Å²) in [7, 11) is 1.58. The summed E-state index contributed by atoms with van der Waals surface area (Å²) in [6.07, 6.45) is 2.43. The van der Waals surface area contributed by atoms with Crippen molar-refractivity contribution in [1.82, 2.24) is 5.32 Å². The van der Waals surface area contributed by atoms with Crippen LogP contribution in [0.25, 0.3) is 0 Å². The first kappa shape index (κ1) is 15.4. The zero-order valence-corrected chi connectivity index (χ0v) is 12.8. The molecule has 0 radical (unpaired) electrons. The van der Waals surface area contributed by atoms with Crippen LogP contribution < -0.4 is 15.0 Å². The predicted octanol–water partition coefficient (Wildman–Crippen LogP) is 2.03. The van der Waals surface area contributed by atoms with Gasteiger partial charge in [-0.3, -0.25) is 9.59 Å². The quantitative estimate of drug-likeness (QED) is 0.872. The molecule has 1 N–H and O–H groups in total. The Morgan fingerprint density at radius 1 is 1.38 bits per heavy atom. The fourth-order valence-corrected chi connectivity index (χ4v) is 2.20. The van der Waals surface area contributed by atoms with Gasteiger partial charge in [0.25, 0.3) is 0 Å². The van der Waals surface area contributed by atoms with Crippen molar-refractivity contribution in [2.24, 2.45) is 0 Å². The summed E-state index contributed by atoms with van der Waals surface area (Å²) in [6, 6.07) is 6.02. The van der Waals surface area contributed by atoms with E-state index >= 15 is 0 Å². The molecule has 1 aromatic rings. The number of benzene rings is 1. The first-order valence-electron chi connectivity index (χ1n) is 7.23. The first-order chi connectivity index (χ1) is 10.0. The minimum Gasteiger partial charge on any atom is -0.495 e. The second-order valence-corrected chi connectivity index (χ2v) is 5.44. The molecule has 0 heterocycles. The van der Waals surface area contributed by atoms with Gasteiger partial charge in [-0.1, -0.05) is 6.07 Å². The molecule has 0 spiro atoms. The minimum atomic E-state index is -0.0990. The zero-order valence-electron chi connectivity index (χ0n) is 12.8. The minimum absolute atomic E-state index is 0.00429. The molecule has 1 fully saturated rings. The van der Waals surface area contributed by atoms with Crippen molar-refractivity contribution in [1.29, 1.82) is 0 Å². The maximum absolute atomic E-state index is 11.9. The summed E-state index contributed by atoms with van der Waals surface area (Å²) < 4.78 is 5.32. The molecule has 1 aliphatic rings. The molecule has 0 aliphatic heterocycles. The lowest BCUT2D eigenvalue weighted by Gasteiger charge is -2.23. The lowest BCUT2D eigenvalue weighted by atomic mass is 10.1. The molecule has 0 atom stereocenters. The number of aryl methyl sites for hydroxylation is 1. The highest BCUT2D eigenvalue weighted by Crippen LogP contribution is 2.29. The van der Waals surface area contributed by atoms with Gasteiger partial charge in [0.1, 0.15) is 5.75 Å². The molecule has 2 rings (SSSR count). The Morgan fingerprint density at radius 3 is 2.67 bits per heavy atom. The number of hydrogen-bond donors (Lipinski definition) is 1. The number of nitrogens with one attached hydrogen (secondary N) is 1. The van der Waals surface area contributed by atoms with Crippen LogP contribution in [0.1, 0.15) is 31.7 Å². The fourth-order valence-electron chi connectivity index (χ4n) is 2.20. The molecule has 1 saturated carbocycles. The molecule has 0 bridgehead atoms. The lowest BCUT2D eigenvalue weighted by Crippen LogP contribution is -2.34. The molecule has 5 heteroatoms. The number of carbonyl (C=O) groups excluding carboxylic acids is 2. The maximum atomic E-state index is 11.9. The molecule has 1 aromatic carbocycles. The van der Waals surface area contributed by atoms with E-state index < -0.39 is 0 Å². The van der Waals surface area contributed by atoms with Crippen LogP contribution in [0.4, 0.5) is 5.69 Å². The highest BCUT2D eigenvalue weighted by Gasteiger charge is 2.24. The fraction of sp³-hybridized carbons (Fsp3) is 0.500. The summed E-state index contributed by atoms with van der Waals surface area (Å²) in [5, 5.41) is 2.93. The van der Waals surface area contributed by atoms with Gasteiger partial charge in [-0.15, -0.1) is 0 Å². The Labute approximate surface area is 125 Å². The molecule has 0 saturated heterocycles. The van der Waals surface area contributed by atoms with Crippen LogP contribution in [0.3, 0.4) is 0 Å². The van der Waals surface area contributed by atoms with E-state index in [0.29, 0.717) is 30.4 Å². The highest BCUT2D eigenvalue weighted by molar-refractivity contribution is 5.94. The van der Waals surface area contributed by atoms with Crippen LogP contribution in [-0.2, 0) is 9.59 Å². The van der Waals surface area contributed by atoms with Crippen LogP contribution in [-0.4, -0.2) is 31.5 Å². The van der Waals surface area contributed by atoms with E-state index in [-0.39, 0.29) is 11.8 Å². The molecule has 0 unspecified atom stereocenters. The number of nitrogens with zero attached hydrogens (tertiary/aromatic N) is 1. The zero-order chi connectivity index (χ0) is 15.4. The average molecular weight is 290 g/mol. The molecular formula is C16H22N2O3. The van der Waals surface area contributed by atoms with E-state index in [9.17, 15) is 9.59 Å². The third-order valence-corrected chi connectivity index (χ3v) is 3.51. The highest BCUT2D eigenvalue weighted by atomic mass is 16.5. The summed E-state index contributed by atoms with van der Waals surface area (Å²) in [5.41, 5.74) is 1.75. The molecular weight excluding hydrogens is 268 g/mol. The van der Waals surface area contributed by atoms with Crippen LogP contribution >= 0.6 is 0 Å². The Morgan fingerprint density at radius 2 is 2.10 bits per heavy atom. The van der Waals surface area contributed by atoms with Crippen molar-refractivity contribution in [3.63, 3.8) is 0 Å². The number of rotatable bonds is 6. The Balaban J connectivity index is 2.08. The van der Waals surface area contributed by atoms with Gasteiger partial charge < -0.3 is 15.0 Å². The van der Waals surface area contributed by atoms with Crippen molar-refractivity contribution in [2.75, 3.05) is 18.6 Å². The van der Waals surface area contributed by atoms with E-state index in [2.05, 4.69) is 5.32 Å². The standard InChI is InChI=1S/C16H22N2O3/c1-11-4-7-15(21-3)14(10-11)18(12(2)19)9-8-16(20)17-13-5-6-13/h4,7,10,13H,5-6,8-9H2,1-3H3,(H,17,20). The monoisotopic (exact) mass is 290 g/mol. The molecule has 5 nitrogen and oxygen atoms in total. The van der Waals surface area contributed by atoms with Crippen molar-refractivity contribution >= 4 is 17.5 Å². The molecule has 1 aliphatic carbocycles. The lowest BCUT2D eigenvalue weighted by molar-refractivity contribution is -0.121. The Bertz CT molecular complexity index is 538. The van der Waals surface area contributed by atoms with Gasteiger partial charge in [0.15, 0.2) is 0 Å². The van der Waals surface area contributed by atoms with Crippen molar-refractivity contribution < 1.29 is 14.3 Å². The van der Waals surface area contributed by atoms with E-state index in [1.54, 1.807) is 12.0 Å². The average Bonchev–Trinajstić information content (AvgIpc) is 3.22. The second-order valence-electron chi connectivity index (χ2n) is 5.44. The number of carbonyl (C=O) groups is 2. The van der Waals surface area contributed by atoms with Crippen LogP contribution in [0.5, 0.6) is 5.75 Å². The summed E-state index contributed by atoms with van der Waals surface area (Å²) in [6.45, 7) is 3.81. The molecule has 114 valence electrons. The van der Waals surface area contributed by atoms with E-state index in [4.69, 9.17) is 4.74 Å².